The highest BCUT2D eigenvalue weighted by atomic mass is 32.2. The van der Waals surface area contributed by atoms with Crippen LogP contribution >= 0.6 is 0 Å². The zero-order chi connectivity index (χ0) is 26.3. The van der Waals surface area contributed by atoms with E-state index in [0.29, 0.717) is 28.4 Å². The molecule has 2 amide bonds. The summed E-state index contributed by atoms with van der Waals surface area (Å²) in [6, 6.07) is 21.1. The molecule has 3 aromatic rings. The molecule has 2 atom stereocenters. The summed E-state index contributed by atoms with van der Waals surface area (Å²) in [6.07, 6.45) is 1.80. The molecule has 190 valence electrons. The quantitative estimate of drug-likeness (QED) is 0.409. The number of rotatable bonds is 10. The predicted octanol–water partition coefficient (Wildman–Crippen LogP) is 4.80. The molecule has 3 aromatic carbocycles. The molecule has 2 N–H and O–H groups in total. The van der Waals surface area contributed by atoms with Crippen LogP contribution in [0.15, 0.2) is 78.9 Å². The van der Waals surface area contributed by atoms with Gasteiger partial charge in [0.1, 0.15) is 17.5 Å². The monoisotopic (exact) mass is 509 g/mol. The molecular formula is C27H31N3O5S. The highest BCUT2D eigenvalue weighted by Gasteiger charge is 2.30. The van der Waals surface area contributed by atoms with Gasteiger partial charge in [-0.15, -0.1) is 0 Å². The van der Waals surface area contributed by atoms with Crippen LogP contribution in [-0.2, 0) is 14.8 Å². The van der Waals surface area contributed by atoms with Crippen molar-refractivity contribution in [3.63, 3.8) is 0 Å². The first kappa shape index (κ1) is 26.7. The normalized spacial score (nSPS) is 12.8. The van der Waals surface area contributed by atoms with Gasteiger partial charge in [0.15, 0.2) is 0 Å². The highest BCUT2D eigenvalue weighted by Crippen LogP contribution is 2.27. The van der Waals surface area contributed by atoms with Gasteiger partial charge in [-0.3, -0.25) is 13.9 Å². The molecule has 9 heteroatoms. The first-order valence-corrected chi connectivity index (χ1v) is 13.5. The van der Waals surface area contributed by atoms with Gasteiger partial charge in [-0.25, -0.2) is 8.42 Å². The molecule has 0 unspecified atom stereocenters. The number of hydrogen-bond acceptors (Lipinski definition) is 5. The zero-order valence-corrected chi connectivity index (χ0v) is 21.6. The average Bonchev–Trinajstić information content (AvgIpc) is 2.85. The summed E-state index contributed by atoms with van der Waals surface area (Å²) in [6.45, 7) is 5.34. The van der Waals surface area contributed by atoms with E-state index in [1.165, 1.54) is 6.92 Å². The lowest BCUT2D eigenvalue weighted by Crippen LogP contribution is -2.45. The Labute approximate surface area is 212 Å². The molecule has 0 saturated heterocycles. The molecule has 0 spiro atoms. The van der Waals surface area contributed by atoms with Crippen LogP contribution in [0.1, 0.15) is 37.6 Å². The summed E-state index contributed by atoms with van der Waals surface area (Å²) < 4.78 is 32.2. The maximum atomic E-state index is 13.2. The van der Waals surface area contributed by atoms with Crippen molar-refractivity contribution in [2.24, 2.45) is 0 Å². The van der Waals surface area contributed by atoms with Crippen LogP contribution in [0, 0.1) is 0 Å². The van der Waals surface area contributed by atoms with Gasteiger partial charge < -0.3 is 15.4 Å². The minimum Gasteiger partial charge on any atom is -0.457 e. The number of carbonyl (C=O) groups excluding carboxylic acids is 2. The summed E-state index contributed by atoms with van der Waals surface area (Å²) in [5, 5.41) is 5.59. The summed E-state index contributed by atoms with van der Waals surface area (Å²) in [4.78, 5) is 25.8. The molecule has 0 fully saturated rings. The smallest absolute Gasteiger partial charge is 0.253 e. The Morgan fingerprint density at radius 3 is 2.08 bits per heavy atom. The number of hydrogen-bond donors (Lipinski definition) is 2. The Hall–Kier alpha value is -3.85. The number of nitrogens with one attached hydrogen (secondary N) is 2. The van der Waals surface area contributed by atoms with Gasteiger partial charge in [0.25, 0.3) is 5.91 Å². The van der Waals surface area contributed by atoms with E-state index >= 15 is 0 Å². The van der Waals surface area contributed by atoms with Gasteiger partial charge in [-0.05, 0) is 68.8 Å². The number of amides is 2. The Bertz CT molecular complexity index is 1290. The molecule has 3 rings (SSSR count). The Morgan fingerprint density at radius 2 is 1.47 bits per heavy atom. The van der Waals surface area contributed by atoms with Crippen molar-refractivity contribution in [2.45, 2.75) is 39.3 Å². The molecule has 0 saturated carbocycles. The zero-order valence-electron chi connectivity index (χ0n) is 20.8. The van der Waals surface area contributed by atoms with Crippen LogP contribution in [0.25, 0.3) is 0 Å². The molecule has 0 aromatic heterocycles. The third kappa shape index (κ3) is 6.85. The van der Waals surface area contributed by atoms with Gasteiger partial charge in [-0.2, -0.15) is 0 Å². The predicted molar refractivity (Wildman–Crippen MR) is 142 cm³/mol. The lowest BCUT2D eigenvalue weighted by Gasteiger charge is -2.28. The van der Waals surface area contributed by atoms with E-state index in [0.717, 1.165) is 17.0 Å². The van der Waals surface area contributed by atoms with Crippen LogP contribution in [0.4, 0.5) is 11.4 Å². The third-order valence-electron chi connectivity index (χ3n) is 5.58. The van der Waals surface area contributed by atoms with E-state index < -0.39 is 22.0 Å². The number of para-hydroxylation sites is 2. The largest absolute Gasteiger partial charge is 0.457 e. The van der Waals surface area contributed by atoms with Gasteiger partial charge >= 0.3 is 0 Å². The topological polar surface area (TPSA) is 105 Å². The lowest BCUT2D eigenvalue weighted by atomic mass is 10.1. The number of anilines is 2. The maximum absolute atomic E-state index is 13.2. The molecule has 0 heterocycles. The summed E-state index contributed by atoms with van der Waals surface area (Å²) in [5.41, 5.74) is 0.908. The minimum absolute atomic E-state index is 0.0326. The minimum atomic E-state index is -3.82. The molecule has 0 bridgehead atoms. The number of benzene rings is 3. The van der Waals surface area contributed by atoms with Crippen molar-refractivity contribution in [2.75, 3.05) is 15.9 Å². The first-order valence-electron chi connectivity index (χ1n) is 11.6. The van der Waals surface area contributed by atoms with Gasteiger partial charge in [0.05, 0.1) is 23.2 Å². The summed E-state index contributed by atoms with van der Waals surface area (Å²) >= 11 is 0. The van der Waals surface area contributed by atoms with E-state index in [-0.39, 0.29) is 11.9 Å². The molecule has 0 aliphatic rings. The van der Waals surface area contributed by atoms with Gasteiger partial charge in [0, 0.05) is 6.04 Å². The summed E-state index contributed by atoms with van der Waals surface area (Å²) in [5.74, 6) is 0.279. The van der Waals surface area contributed by atoms with E-state index in [9.17, 15) is 18.0 Å². The Balaban J connectivity index is 1.81. The van der Waals surface area contributed by atoms with Crippen molar-refractivity contribution >= 4 is 33.2 Å². The highest BCUT2D eigenvalue weighted by molar-refractivity contribution is 7.92. The van der Waals surface area contributed by atoms with Crippen LogP contribution in [0.2, 0.25) is 0 Å². The van der Waals surface area contributed by atoms with Crippen molar-refractivity contribution in [3.05, 3.63) is 84.4 Å². The van der Waals surface area contributed by atoms with Crippen LogP contribution < -0.4 is 19.7 Å². The molecule has 0 aliphatic heterocycles. The number of ether oxygens (including phenoxy) is 1. The standard InChI is InChI=1S/C27H31N3O5S/c1-5-19(2)28-27(32)24-13-9-10-14-25(24)29-26(31)20(3)30(36(4,33)34)21-15-17-23(18-16-21)35-22-11-7-6-8-12-22/h6-20H,5H2,1-4H3,(H,28,32)(H,29,31)/t19-,20-/m1/s1. The molecular weight excluding hydrogens is 478 g/mol. The molecule has 36 heavy (non-hydrogen) atoms. The van der Waals surface area contributed by atoms with Gasteiger partial charge in [-0.1, -0.05) is 37.3 Å². The second kappa shape index (κ2) is 11.7. The summed E-state index contributed by atoms with van der Waals surface area (Å²) in [7, 11) is -3.82. The lowest BCUT2D eigenvalue weighted by molar-refractivity contribution is -0.116. The Morgan fingerprint density at radius 1 is 0.889 bits per heavy atom. The molecule has 8 nitrogen and oxygen atoms in total. The number of carbonyl (C=O) groups is 2. The fourth-order valence-electron chi connectivity index (χ4n) is 3.53. The van der Waals surface area contributed by atoms with Crippen molar-refractivity contribution in [3.8, 4) is 11.5 Å². The van der Waals surface area contributed by atoms with Crippen molar-refractivity contribution in [1.82, 2.24) is 5.32 Å². The van der Waals surface area contributed by atoms with Gasteiger partial charge in [0.2, 0.25) is 15.9 Å². The second-order valence-corrected chi connectivity index (χ2v) is 10.3. The van der Waals surface area contributed by atoms with E-state index in [4.69, 9.17) is 4.74 Å². The van der Waals surface area contributed by atoms with Crippen LogP contribution in [0.5, 0.6) is 11.5 Å². The van der Waals surface area contributed by atoms with Crippen LogP contribution in [-0.4, -0.2) is 38.6 Å². The third-order valence-corrected chi connectivity index (χ3v) is 6.82. The van der Waals surface area contributed by atoms with E-state index in [1.807, 2.05) is 44.2 Å². The van der Waals surface area contributed by atoms with Crippen molar-refractivity contribution in [1.29, 1.82) is 0 Å². The number of sulfonamides is 1. The fraction of sp³-hybridized carbons (Fsp3) is 0.259. The Kier molecular flexibility index (Phi) is 8.71. The maximum Gasteiger partial charge on any atom is 0.253 e. The first-order chi connectivity index (χ1) is 17.1. The van der Waals surface area contributed by atoms with Crippen molar-refractivity contribution < 1.29 is 22.7 Å². The second-order valence-electron chi connectivity index (χ2n) is 8.46. The van der Waals surface area contributed by atoms with E-state index in [2.05, 4.69) is 10.6 Å². The average molecular weight is 510 g/mol. The number of nitrogens with zero attached hydrogens (tertiary/aromatic N) is 1. The van der Waals surface area contributed by atoms with E-state index in [1.54, 1.807) is 48.5 Å². The molecule has 0 radical (unpaired) electrons. The SMILES string of the molecule is CC[C@@H](C)NC(=O)c1ccccc1NC(=O)[C@@H](C)N(c1ccc(Oc2ccccc2)cc1)S(C)(=O)=O. The molecule has 0 aliphatic carbocycles. The fourth-order valence-corrected chi connectivity index (χ4v) is 4.70. The van der Waals surface area contributed by atoms with Crippen LogP contribution in [0.3, 0.4) is 0 Å².